The van der Waals surface area contributed by atoms with Crippen molar-refractivity contribution in [1.29, 1.82) is 0 Å². The highest BCUT2D eigenvalue weighted by molar-refractivity contribution is 9.10. The molecular formula is C12H10BrClN4S. The molecule has 0 spiro atoms. The van der Waals surface area contributed by atoms with Crippen molar-refractivity contribution in [2.45, 2.75) is 6.92 Å². The highest BCUT2D eigenvalue weighted by Gasteiger charge is 2.07. The third kappa shape index (κ3) is 3.62. The standard InChI is InChI=1S/C12H10BrClN4S/c1-6-4-10(11(15)19)18-12(16-6)17-9-5-7(13)2-3-8(9)14/h2-5H,1H3,(H2,15,19)(H,16,17,18). The molecule has 0 atom stereocenters. The maximum atomic E-state index is 6.10. The van der Waals surface area contributed by atoms with Crippen LogP contribution >= 0.6 is 39.7 Å². The second-order valence-electron chi connectivity index (χ2n) is 3.83. The molecule has 0 radical (unpaired) electrons. The summed E-state index contributed by atoms with van der Waals surface area (Å²) >= 11 is 14.4. The normalized spacial score (nSPS) is 10.3. The van der Waals surface area contributed by atoms with Crippen LogP contribution in [0.3, 0.4) is 0 Å². The minimum absolute atomic E-state index is 0.230. The minimum Gasteiger partial charge on any atom is -0.388 e. The molecule has 2 rings (SSSR count). The SMILES string of the molecule is Cc1cc(C(N)=S)nc(Nc2cc(Br)ccc2Cl)n1. The molecule has 4 nitrogen and oxygen atoms in total. The molecule has 1 aromatic carbocycles. The zero-order valence-corrected chi connectivity index (χ0v) is 13.1. The fraction of sp³-hybridized carbons (Fsp3) is 0.0833. The van der Waals surface area contributed by atoms with E-state index in [0.29, 0.717) is 22.4 Å². The van der Waals surface area contributed by atoms with Crippen LogP contribution in [-0.2, 0) is 0 Å². The first-order valence-corrected chi connectivity index (χ1v) is 6.91. The van der Waals surface area contributed by atoms with E-state index in [1.165, 1.54) is 0 Å². The Balaban J connectivity index is 2.38. The van der Waals surface area contributed by atoms with E-state index in [1.54, 1.807) is 12.1 Å². The lowest BCUT2D eigenvalue weighted by Crippen LogP contribution is -2.13. The highest BCUT2D eigenvalue weighted by Crippen LogP contribution is 2.27. The first kappa shape index (κ1) is 14.2. The number of thiocarbonyl (C=S) groups is 1. The lowest BCUT2D eigenvalue weighted by atomic mass is 10.3. The number of rotatable bonds is 3. The van der Waals surface area contributed by atoms with E-state index in [-0.39, 0.29) is 4.99 Å². The van der Waals surface area contributed by atoms with Crippen molar-refractivity contribution < 1.29 is 0 Å². The molecule has 1 heterocycles. The minimum atomic E-state index is 0.230. The molecule has 0 bridgehead atoms. The summed E-state index contributed by atoms with van der Waals surface area (Å²) in [5.41, 5.74) is 7.58. The van der Waals surface area contributed by atoms with E-state index < -0.39 is 0 Å². The average Bonchev–Trinajstić information content (AvgIpc) is 2.33. The maximum Gasteiger partial charge on any atom is 0.228 e. The Labute approximate surface area is 129 Å². The summed E-state index contributed by atoms with van der Waals surface area (Å²) in [7, 11) is 0. The van der Waals surface area contributed by atoms with Gasteiger partial charge < -0.3 is 11.1 Å². The highest BCUT2D eigenvalue weighted by atomic mass is 79.9. The molecule has 0 saturated carbocycles. The zero-order valence-electron chi connectivity index (χ0n) is 9.95. The summed E-state index contributed by atoms with van der Waals surface area (Å²) < 4.78 is 0.904. The third-order valence-electron chi connectivity index (χ3n) is 2.28. The van der Waals surface area contributed by atoms with Crippen molar-refractivity contribution in [3.8, 4) is 0 Å². The molecule has 19 heavy (non-hydrogen) atoms. The van der Waals surface area contributed by atoms with Gasteiger partial charge in [-0.3, -0.25) is 0 Å². The predicted molar refractivity (Wildman–Crippen MR) is 85.1 cm³/mol. The predicted octanol–water partition coefficient (Wildman–Crippen LogP) is 3.58. The van der Waals surface area contributed by atoms with Crippen LogP contribution in [0.5, 0.6) is 0 Å². The smallest absolute Gasteiger partial charge is 0.228 e. The van der Waals surface area contributed by atoms with E-state index in [0.717, 1.165) is 10.2 Å². The van der Waals surface area contributed by atoms with Gasteiger partial charge >= 0.3 is 0 Å². The molecular weight excluding hydrogens is 348 g/mol. The van der Waals surface area contributed by atoms with Crippen LogP contribution in [0.1, 0.15) is 11.4 Å². The summed E-state index contributed by atoms with van der Waals surface area (Å²) in [6, 6.07) is 7.20. The lowest BCUT2D eigenvalue weighted by molar-refractivity contribution is 1.09. The van der Waals surface area contributed by atoms with E-state index in [1.807, 2.05) is 19.1 Å². The molecule has 0 amide bonds. The number of nitrogens with zero attached hydrogens (tertiary/aromatic N) is 2. The summed E-state index contributed by atoms with van der Waals surface area (Å²) in [5, 5.41) is 3.62. The van der Waals surface area contributed by atoms with Gasteiger partial charge in [-0.25, -0.2) is 9.97 Å². The number of hydrogen-bond donors (Lipinski definition) is 2. The lowest BCUT2D eigenvalue weighted by Gasteiger charge is -2.09. The Bertz CT molecular complexity index is 648. The van der Waals surface area contributed by atoms with E-state index >= 15 is 0 Å². The Morgan fingerprint density at radius 2 is 2.11 bits per heavy atom. The van der Waals surface area contributed by atoms with Crippen LogP contribution in [0.15, 0.2) is 28.7 Å². The fourth-order valence-electron chi connectivity index (χ4n) is 1.46. The molecule has 0 fully saturated rings. The quantitative estimate of drug-likeness (QED) is 0.822. The van der Waals surface area contributed by atoms with Gasteiger partial charge in [0.25, 0.3) is 0 Å². The summed E-state index contributed by atoms with van der Waals surface area (Å²) in [6.07, 6.45) is 0. The Kier molecular flexibility index (Phi) is 4.34. The molecule has 2 aromatic rings. The molecule has 1 aromatic heterocycles. The van der Waals surface area contributed by atoms with Crippen LogP contribution < -0.4 is 11.1 Å². The third-order valence-corrected chi connectivity index (χ3v) is 3.31. The molecule has 0 saturated heterocycles. The van der Waals surface area contributed by atoms with Crippen molar-refractivity contribution in [3.63, 3.8) is 0 Å². The van der Waals surface area contributed by atoms with Crippen molar-refractivity contribution in [3.05, 3.63) is 45.1 Å². The van der Waals surface area contributed by atoms with Crippen LogP contribution in [0, 0.1) is 6.92 Å². The first-order chi connectivity index (χ1) is 8.95. The molecule has 98 valence electrons. The number of nitrogens with two attached hydrogens (primary N) is 1. The Morgan fingerprint density at radius 1 is 1.37 bits per heavy atom. The molecule has 0 aliphatic carbocycles. The average molecular weight is 358 g/mol. The van der Waals surface area contributed by atoms with E-state index in [2.05, 4.69) is 31.2 Å². The Hall–Kier alpha value is -1.24. The van der Waals surface area contributed by atoms with Gasteiger partial charge in [0.2, 0.25) is 5.95 Å². The first-order valence-electron chi connectivity index (χ1n) is 5.33. The van der Waals surface area contributed by atoms with Gasteiger partial charge in [-0.15, -0.1) is 0 Å². The summed E-state index contributed by atoms with van der Waals surface area (Å²) in [5.74, 6) is 0.405. The van der Waals surface area contributed by atoms with Gasteiger partial charge in [0.05, 0.1) is 10.7 Å². The van der Waals surface area contributed by atoms with Crippen molar-refractivity contribution in [2.24, 2.45) is 5.73 Å². The van der Waals surface area contributed by atoms with Gasteiger partial charge in [-0.2, -0.15) is 0 Å². The molecule has 3 N–H and O–H groups in total. The monoisotopic (exact) mass is 356 g/mol. The molecule has 0 aliphatic heterocycles. The molecule has 0 aliphatic rings. The largest absolute Gasteiger partial charge is 0.388 e. The van der Waals surface area contributed by atoms with Crippen molar-refractivity contribution in [2.75, 3.05) is 5.32 Å². The second-order valence-corrected chi connectivity index (χ2v) is 5.59. The Morgan fingerprint density at radius 3 is 2.79 bits per heavy atom. The number of nitrogens with one attached hydrogen (secondary N) is 1. The van der Waals surface area contributed by atoms with Crippen molar-refractivity contribution >= 4 is 56.4 Å². The van der Waals surface area contributed by atoms with Gasteiger partial charge in [-0.1, -0.05) is 39.7 Å². The number of anilines is 2. The molecule has 0 unspecified atom stereocenters. The van der Waals surface area contributed by atoms with Crippen LogP contribution in [0.2, 0.25) is 5.02 Å². The number of benzene rings is 1. The number of hydrogen-bond acceptors (Lipinski definition) is 4. The van der Waals surface area contributed by atoms with Crippen LogP contribution in [0.4, 0.5) is 11.6 Å². The van der Waals surface area contributed by atoms with Gasteiger partial charge in [-0.05, 0) is 31.2 Å². The van der Waals surface area contributed by atoms with Crippen LogP contribution in [-0.4, -0.2) is 15.0 Å². The maximum absolute atomic E-state index is 6.10. The number of aryl methyl sites for hydroxylation is 1. The number of aromatic nitrogens is 2. The second kappa shape index (κ2) is 5.81. The fourth-order valence-corrected chi connectivity index (χ4v) is 2.09. The van der Waals surface area contributed by atoms with Gasteiger partial charge in [0.15, 0.2) is 0 Å². The topological polar surface area (TPSA) is 63.8 Å². The van der Waals surface area contributed by atoms with E-state index in [9.17, 15) is 0 Å². The van der Waals surface area contributed by atoms with E-state index in [4.69, 9.17) is 29.6 Å². The van der Waals surface area contributed by atoms with Gasteiger partial charge in [0, 0.05) is 10.2 Å². The van der Waals surface area contributed by atoms with Crippen molar-refractivity contribution in [1.82, 2.24) is 9.97 Å². The molecule has 7 heteroatoms. The zero-order chi connectivity index (χ0) is 14.0. The number of halogens is 2. The van der Waals surface area contributed by atoms with Crippen LogP contribution in [0.25, 0.3) is 0 Å². The van der Waals surface area contributed by atoms with Gasteiger partial charge in [0.1, 0.15) is 10.7 Å². The summed E-state index contributed by atoms with van der Waals surface area (Å²) in [4.78, 5) is 8.74. The summed E-state index contributed by atoms with van der Waals surface area (Å²) in [6.45, 7) is 1.84.